The lowest BCUT2D eigenvalue weighted by Gasteiger charge is -2.47. The van der Waals surface area contributed by atoms with E-state index in [1.54, 1.807) is 28.6 Å². The normalized spacial score (nSPS) is 24.4. The van der Waals surface area contributed by atoms with E-state index in [4.69, 9.17) is 0 Å². The van der Waals surface area contributed by atoms with Crippen LogP contribution in [0.25, 0.3) is 0 Å². The van der Waals surface area contributed by atoms with Crippen LogP contribution < -0.4 is 14.9 Å². The van der Waals surface area contributed by atoms with Crippen molar-refractivity contribution in [3.63, 3.8) is 0 Å². The molecule has 1 aromatic rings. The van der Waals surface area contributed by atoms with Crippen molar-refractivity contribution in [1.82, 2.24) is 10.6 Å². The number of benzene rings is 1. The summed E-state index contributed by atoms with van der Waals surface area (Å²) < 4.78 is 22.3. The van der Waals surface area contributed by atoms with E-state index in [1.165, 1.54) is 0 Å². The van der Waals surface area contributed by atoms with Gasteiger partial charge in [-0.1, -0.05) is 26.7 Å². The van der Waals surface area contributed by atoms with Crippen LogP contribution in [-0.4, -0.2) is 45.3 Å². The van der Waals surface area contributed by atoms with Crippen molar-refractivity contribution in [2.75, 3.05) is 16.6 Å². The molecule has 0 unspecified atom stereocenters. The number of nitrogens with one attached hydrogen (secondary N) is 2. The van der Waals surface area contributed by atoms with Gasteiger partial charge in [0.2, 0.25) is 5.91 Å². The Balaban J connectivity index is 1.64. The van der Waals surface area contributed by atoms with Gasteiger partial charge in [0, 0.05) is 18.2 Å². The van der Waals surface area contributed by atoms with Gasteiger partial charge in [-0.15, -0.1) is 10.8 Å². The first-order valence-electron chi connectivity index (χ1n) is 11.9. The predicted molar refractivity (Wildman–Crippen MR) is 131 cm³/mol. The highest BCUT2D eigenvalue weighted by Gasteiger charge is 2.33. The summed E-state index contributed by atoms with van der Waals surface area (Å²) >= 11 is 0. The van der Waals surface area contributed by atoms with Crippen LogP contribution in [0.15, 0.2) is 24.3 Å². The first-order chi connectivity index (χ1) is 15.7. The van der Waals surface area contributed by atoms with Crippen LogP contribution in [0.4, 0.5) is 5.69 Å². The van der Waals surface area contributed by atoms with Crippen molar-refractivity contribution in [3.8, 4) is 6.07 Å². The Hall–Kier alpha value is -2.28. The molecule has 2 fully saturated rings. The summed E-state index contributed by atoms with van der Waals surface area (Å²) in [6.07, 6.45) is 5.55. The molecule has 1 aliphatic heterocycles. The van der Waals surface area contributed by atoms with Gasteiger partial charge in [0.1, 0.15) is 6.04 Å². The maximum atomic E-state index is 12.9. The molecule has 3 atom stereocenters. The molecule has 1 saturated carbocycles. The minimum Gasteiger partial charge on any atom is -0.349 e. The SMILES string of the molecule is CC(C)C[C@@H](C#N)NC(=O)[C@@H]1CCCC[C@@H]1NC(=O)c1ccc(N2CCCCS2(O)O)cc1. The first-order valence-corrected chi connectivity index (χ1v) is 13.5. The van der Waals surface area contributed by atoms with E-state index in [9.17, 15) is 24.0 Å². The highest BCUT2D eigenvalue weighted by Crippen LogP contribution is 2.49. The summed E-state index contributed by atoms with van der Waals surface area (Å²) in [5.74, 6) is -0.114. The van der Waals surface area contributed by atoms with Crippen LogP contribution in [-0.2, 0) is 4.79 Å². The van der Waals surface area contributed by atoms with Gasteiger partial charge in [-0.05, 0) is 62.3 Å². The quantitative estimate of drug-likeness (QED) is 0.465. The van der Waals surface area contributed by atoms with E-state index in [1.807, 2.05) is 13.8 Å². The zero-order valence-corrected chi connectivity index (χ0v) is 20.3. The van der Waals surface area contributed by atoms with E-state index in [2.05, 4.69) is 16.7 Å². The van der Waals surface area contributed by atoms with E-state index in [0.29, 0.717) is 42.3 Å². The number of anilines is 1. The topological polar surface area (TPSA) is 126 Å². The van der Waals surface area contributed by atoms with Crippen molar-refractivity contribution < 1.29 is 18.7 Å². The average Bonchev–Trinajstić information content (AvgIpc) is 2.78. The number of carbonyl (C=O) groups excluding carboxylic acids is 2. The van der Waals surface area contributed by atoms with Crippen LogP contribution in [0.2, 0.25) is 0 Å². The second kappa shape index (κ2) is 11.2. The van der Waals surface area contributed by atoms with Crippen molar-refractivity contribution >= 4 is 28.3 Å². The standard InChI is InChI=1S/C24H36N4O4S/c1-17(2)15-19(16-25)26-24(30)21-7-3-4-8-22(21)27-23(29)18-9-11-20(12-10-18)28-13-5-6-14-33(28,31)32/h9-12,17,19,21-22,31-32H,3-8,13-15H2,1-2H3,(H,26,30)(H,27,29)/t19-,21+,22-/m0/s1. The molecule has 3 rings (SSSR count). The lowest BCUT2D eigenvalue weighted by Crippen LogP contribution is -2.50. The molecule has 2 amide bonds. The maximum absolute atomic E-state index is 12.9. The van der Waals surface area contributed by atoms with Crippen molar-refractivity contribution in [2.24, 2.45) is 11.8 Å². The molecular formula is C24H36N4O4S. The number of amides is 2. The third kappa shape index (κ3) is 6.62. The fourth-order valence-corrected chi connectivity index (χ4v) is 6.34. The molecule has 0 bridgehead atoms. The molecular weight excluding hydrogens is 440 g/mol. The predicted octanol–water partition coefficient (Wildman–Crippen LogP) is 4.30. The van der Waals surface area contributed by atoms with Gasteiger partial charge in [-0.25, -0.2) is 0 Å². The number of hydrogen-bond acceptors (Lipinski definition) is 6. The van der Waals surface area contributed by atoms with E-state index in [-0.39, 0.29) is 23.8 Å². The van der Waals surface area contributed by atoms with Crippen molar-refractivity contribution in [1.29, 1.82) is 5.26 Å². The second-order valence-electron chi connectivity index (χ2n) is 9.48. The molecule has 8 nitrogen and oxygen atoms in total. The van der Waals surface area contributed by atoms with Crippen molar-refractivity contribution in [3.05, 3.63) is 29.8 Å². The number of hydrogen-bond donors (Lipinski definition) is 4. The first kappa shape index (κ1) is 25.3. The van der Waals surface area contributed by atoms with Crippen LogP contribution in [0.3, 0.4) is 0 Å². The highest BCUT2D eigenvalue weighted by atomic mass is 32.3. The minimum atomic E-state index is -2.80. The zero-order valence-electron chi connectivity index (χ0n) is 19.5. The van der Waals surface area contributed by atoms with E-state index in [0.717, 1.165) is 32.1 Å². The molecule has 0 radical (unpaired) electrons. The lowest BCUT2D eigenvalue weighted by molar-refractivity contribution is -0.127. The Labute approximate surface area is 198 Å². The lowest BCUT2D eigenvalue weighted by atomic mass is 9.83. The van der Waals surface area contributed by atoms with Gasteiger partial charge in [-0.2, -0.15) is 5.26 Å². The molecule has 2 aliphatic rings. The number of nitriles is 1. The second-order valence-corrected chi connectivity index (χ2v) is 11.6. The largest absolute Gasteiger partial charge is 0.349 e. The van der Waals surface area contributed by atoms with Gasteiger partial charge in [0.05, 0.1) is 23.4 Å². The van der Waals surface area contributed by atoms with Crippen LogP contribution in [0.1, 0.15) is 69.2 Å². The number of rotatable bonds is 7. The molecule has 1 aliphatic carbocycles. The Morgan fingerprint density at radius 1 is 1.15 bits per heavy atom. The monoisotopic (exact) mass is 476 g/mol. The Kier molecular flexibility index (Phi) is 8.63. The summed E-state index contributed by atoms with van der Waals surface area (Å²) in [5, 5.41) is 15.2. The summed E-state index contributed by atoms with van der Waals surface area (Å²) in [6.45, 7) is 4.60. The Morgan fingerprint density at radius 2 is 1.85 bits per heavy atom. The minimum absolute atomic E-state index is 0.169. The van der Waals surface area contributed by atoms with E-state index >= 15 is 0 Å². The Morgan fingerprint density at radius 3 is 2.48 bits per heavy atom. The van der Waals surface area contributed by atoms with Gasteiger partial charge in [0.25, 0.3) is 5.91 Å². The average molecular weight is 477 g/mol. The summed E-state index contributed by atoms with van der Waals surface area (Å²) in [4.78, 5) is 25.8. The summed E-state index contributed by atoms with van der Waals surface area (Å²) in [5.41, 5.74) is 1.15. The van der Waals surface area contributed by atoms with Crippen LogP contribution >= 0.6 is 10.8 Å². The van der Waals surface area contributed by atoms with Crippen LogP contribution in [0.5, 0.6) is 0 Å². The number of carbonyl (C=O) groups is 2. The van der Waals surface area contributed by atoms with Gasteiger partial charge in [-0.3, -0.25) is 23.0 Å². The van der Waals surface area contributed by atoms with Gasteiger partial charge in [0.15, 0.2) is 0 Å². The summed E-state index contributed by atoms with van der Waals surface area (Å²) in [6, 6.07) is 8.20. The molecule has 0 spiro atoms. The van der Waals surface area contributed by atoms with Crippen molar-refractivity contribution in [2.45, 2.75) is 70.9 Å². The summed E-state index contributed by atoms with van der Waals surface area (Å²) in [7, 11) is -2.80. The molecule has 1 heterocycles. The molecule has 4 N–H and O–H groups in total. The van der Waals surface area contributed by atoms with Crippen LogP contribution in [0, 0.1) is 23.2 Å². The van der Waals surface area contributed by atoms with Gasteiger partial charge >= 0.3 is 0 Å². The Bertz CT molecular complexity index is 868. The van der Waals surface area contributed by atoms with E-state index < -0.39 is 16.8 Å². The fourth-order valence-electron chi connectivity index (χ4n) is 4.65. The third-order valence-electron chi connectivity index (χ3n) is 6.40. The molecule has 33 heavy (non-hydrogen) atoms. The van der Waals surface area contributed by atoms with Gasteiger partial charge < -0.3 is 10.6 Å². The third-order valence-corrected chi connectivity index (χ3v) is 8.33. The fraction of sp³-hybridized carbons (Fsp3) is 0.625. The molecule has 182 valence electrons. The molecule has 9 heteroatoms. The highest BCUT2D eigenvalue weighted by molar-refractivity contribution is 8.25. The molecule has 0 aromatic heterocycles. The molecule has 1 saturated heterocycles. The molecule has 1 aromatic carbocycles. The smallest absolute Gasteiger partial charge is 0.251 e. The zero-order chi connectivity index (χ0) is 24.0. The number of nitrogens with zero attached hydrogens (tertiary/aromatic N) is 2. The maximum Gasteiger partial charge on any atom is 0.251 e.